The van der Waals surface area contributed by atoms with Crippen molar-refractivity contribution >= 4 is 11.8 Å². The molecule has 4 nitrogen and oxygen atoms in total. The summed E-state index contributed by atoms with van der Waals surface area (Å²) in [5.74, 6) is -0.617. The minimum absolute atomic E-state index is 0.130. The van der Waals surface area contributed by atoms with Gasteiger partial charge in [-0.25, -0.2) is 0 Å². The van der Waals surface area contributed by atoms with Gasteiger partial charge in [-0.2, -0.15) is 0 Å². The summed E-state index contributed by atoms with van der Waals surface area (Å²) in [6.45, 7) is 0.252. The van der Waals surface area contributed by atoms with Crippen LogP contribution in [0.1, 0.15) is 23.6 Å². The Kier molecular flexibility index (Phi) is 3.29. The number of nitrogens with zero attached hydrogens (tertiary/aromatic N) is 2. The number of aromatic nitrogens is 1. The van der Waals surface area contributed by atoms with Crippen molar-refractivity contribution in [2.24, 2.45) is 0 Å². The molecule has 0 aliphatic carbocycles. The third kappa shape index (κ3) is 2.32. The third-order valence-corrected chi connectivity index (χ3v) is 3.49. The summed E-state index contributed by atoms with van der Waals surface area (Å²) in [6, 6.07) is 14.9. The summed E-state index contributed by atoms with van der Waals surface area (Å²) >= 11 is 0. The molecule has 0 saturated carbocycles. The van der Waals surface area contributed by atoms with Crippen LogP contribution in [0.3, 0.4) is 0 Å². The van der Waals surface area contributed by atoms with Gasteiger partial charge in [0.05, 0.1) is 18.2 Å². The maximum atomic E-state index is 12.4. The molecule has 1 aromatic carbocycles. The van der Waals surface area contributed by atoms with Crippen LogP contribution in [0.25, 0.3) is 0 Å². The lowest BCUT2D eigenvalue weighted by molar-refractivity contribution is -0.139. The van der Waals surface area contributed by atoms with E-state index >= 15 is 0 Å². The molecule has 1 aromatic heterocycles. The lowest BCUT2D eigenvalue weighted by Gasteiger charge is -2.14. The van der Waals surface area contributed by atoms with Crippen molar-refractivity contribution in [3.63, 3.8) is 0 Å². The van der Waals surface area contributed by atoms with Crippen molar-refractivity contribution in [3.05, 3.63) is 66.0 Å². The number of carbonyl (C=O) groups is 2. The molecule has 1 unspecified atom stereocenters. The summed E-state index contributed by atoms with van der Waals surface area (Å²) in [5.41, 5.74) is 1.62. The number of imide groups is 1. The standard InChI is InChI=1S/C16H14N2O2/c19-15-10-14(12-6-2-1-3-7-12)16(20)18(15)11-13-8-4-5-9-17-13/h1-9,14H,10-11H2. The molecule has 0 N–H and O–H groups in total. The van der Waals surface area contributed by atoms with Crippen LogP contribution >= 0.6 is 0 Å². The number of pyridine rings is 1. The predicted molar refractivity (Wildman–Crippen MR) is 73.6 cm³/mol. The van der Waals surface area contributed by atoms with Gasteiger partial charge < -0.3 is 0 Å². The van der Waals surface area contributed by atoms with Crippen LogP contribution in [0, 0.1) is 0 Å². The molecule has 1 atom stereocenters. The van der Waals surface area contributed by atoms with E-state index in [4.69, 9.17) is 0 Å². The Bertz CT molecular complexity index is 625. The Balaban J connectivity index is 1.81. The van der Waals surface area contributed by atoms with Crippen molar-refractivity contribution in [2.75, 3.05) is 0 Å². The van der Waals surface area contributed by atoms with Gasteiger partial charge in [0.1, 0.15) is 0 Å². The van der Waals surface area contributed by atoms with E-state index in [0.29, 0.717) is 0 Å². The van der Waals surface area contributed by atoms with E-state index in [1.54, 1.807) is 6.20 Å². The number of carbonyl (C=O) groups excluding carboxylic acids is 2. The van der Waals surface area contributed by atoms with E-state index in [1.807, 2.05) is 48.5 Å². The molecular formula is C16H14N2O2. The summed E-state index contributed by atoms with van der Waals surface area (Å²) < 4.78 is 0. The van der Waals surface area contributed by atoms with E-state index in [2.05, 4.69) is 4.98 Å². The summed E-state index contributed by atoms with van der Waals surface area (Å²) in [7, 11) is 0. The Hall–Kier alpha value is -2.49. The van der Waals surface area contributed by atoms with Crippen LogP contribution in [-0.2, 0) is 16.1 Å². The Morgan fingerprint density at radius 2 is 1.80 bits per heavy atom. The van der Waals surface area contributed by atoms with Crippen LogP contribution in [0.5, 0.6) is 0 Å². The summed E-state index contributed by atoms with van der Waals surface area (Å²) in [4.78, 5) is 29.9. The first kappa shape index (κ1) is 12.5. The molecular weight excluding hydrogens is 252 g/mol. The largest absolute Gasteiger partial charge is 0.276 e. The van der Waals surface area contributed by atoms with Gasteiger partial charge in [-0.05, 0) is 17.7 Å². The first-order valence-electron chi connectivity index (χ1n) is 6.55. The average Bonchev–Trinajstić information content (AvgIpc) is 2.77. The number of rotatable bonds is 3. The van der Waals surface area contributed by atoms with E-state index in [-0.39, 0.29) is 30.7 Å². The highest BCUT2D eigenvalue weighted by Crippen LogP contribution is 2.30. The number of hydrogen-bond donors (Lipinski definition) is 0. The van der Waals surface area contributed by atoms with Crippen LogP contribution < -0.4 is 0 Å². The number of benzene rings is 1. The van der Waals surface area contributed by atoms with Crippen LogP contribution in [-0.4, -0.2) is 21.7 Å². The Morgan fingerprint density at radius 1 is 1.05 bits per heavy atom. The van der Waals surface area contributed by atoms with Gasteiger partial charge >= 0.3 is 0 Å². The van der Waals surface area contributed by atoms with Gasteiger partial charge in [-0.15, -0.1) is 0 Å². The molecule has 1 aliphatic rings. The molecule has 4 heteroatoms. The topological polar surface area (TPSA) is 50.3 Å². The van der Waals surface area contributed by atoms with Gasteiger partial charge in [0.15, 0.2) is 0 Å². The van der Waals surface area contributed by atoms with Crippen LogP contribution in [0.15, 0.2) is 54.7 Å². The second kappa shape index (κ2) is 5.25. The monoisotopic (exact) mass is 266 g/mol. The lowest BCUT2D eigenvalue weighted by Crippen LogP contribution is -2.30. The Labute approximate surface area is 117 Å². The third-order valence-electron chi connectivity index (χ3n) is 3.49. The minimum atomic E-state index is -0.354. The van der Waals surface area contributed by atoms with E-state index in [9.17, 15) is 9.59 Å². The molecule has 0 radical (unpaired) electrons. The van der Waals surface area contributed by atoms with Crippen LogP contribution in [0.2, 0.25) is 0 Å². The molecule has 1 saturated heterocycles. The highest BCUT2D eigenvalue weighted by Gasteiger charge is 2.39. The predicted octanol–water partition coefficient (Wildman–Crippen LogP) is 2.12. The fraction of sp³-hybridized carbons (Fsp3) is 0.188. The summed E-state index contributed by atoms with van der Waals surface area (Å²) in [5, 5.41) is 0. The lowest BCUT2D eigenvalue weighted by atomic mass is 9.98. The quantitative estimate of drug-likeness (QED) is 0.800. The van der Waals surface area contributed by atoms with E-state index in [0.717, 1.165) is 11.3 Å². The number of amides is 2. The molecule has 0 bridgehead atoms. The van der Waals surface area contributed by atoms with Crippen molar-refractivity contribution in [2.45, 2.75) is 18.9 Å². The fourth-order valence-electron chi connectivity index (χ4n) is 2.45. The Morgan fingerprint density at radius 3 is 2.50 bits per heavy atom. The van der Waals surface area contributed by atoms with Crippen molar-refractivity contribution in [1.82, 2.24) is 9.88 Å². The molecule has 100 valence electrons. The van der Waals surface area contributed by atoms with E-state index in [1.165, 1.54) is 4.90 Å². The zero-order chi connectivity index (χ0) is 13.9. The molecule has 1 fully saturated rings. The molecule has 3 rings (SSSR count). The molecule has 20 heavy (non-hydrogen) atoms. The molecule has 2 amide bonds. The van der Waals surface area contributed by atoms with Gasteiger partial charge in [-0.1, -0.05) is 36.4 Å². The highest BCUT2D eigenvalue weighted by atomic mass is 16.2. The van der Waals surface area contributed by atoms with Crippen molar-refractivity contribution < 1.29 is 9.59 Å². The van der Waals surface area contributed by atoms with Crippen molar-refractivity contribution in [1.29, 1.82) is 0 Å². The maximum absolute atomic E-state index is 12.4. The molecule has 2 heterocycles. The zero-order valence-corrected chi connectivity index (χ0v) is 10.9. The smallest absolute Gasteiger partial charge is 0.237 e. The average molecular weight is 266 g/mol. The van der Waals surface area contributed by atoms with E-state index < -0.39 is 0 Å². The second-order valence-electron chi connectivity index (χ2n) is 4.81. The van der Waals surface area contributed by atoms with Gasteiger partial charge in [0, 0.05) is 12.6 Å². The first-order valence-corrected chi connectivity index (χ1v) is 6.55. The highest BCUT2D eigenvalue weighted by molar-refractivity contribution is 6.06. The van der Waals surface area contributed by atoms with Gasteiger partial charge in [-0.3, -0.25) is 19.5 Å². The molecule has 0 spiro atoms. The van der Waals surface area contributed by atoms with Gasteiger partial charge in [0.2, 0.25) is 11.8 Å². The number of hydrogen-bond acceptors (Lipinski definition) is 3. The maximum Gasteiger partial charge on any atom is 0.237 e. The second-order valence-corrected chi connectivity index (χ2v) is 4.81. The number of likely N-dealkylation sites (tertiary alicyclic amines) is 1. The minimum Gasteiger partial charge on any atom is -0.276 e. The normalized spacial score (nSPS) is 18.6. The fourth-order valence-corrected chi connectivity index (χ4v) is 2.45. The first-order chi connectivity index (χ1) is 9.75. The van der Waals surface area contributed by atoms with Crippen LogP contribution in [0.4, 0.5) is 0 Å². The van der Waals surface area contributed by atoms with Crippen molar-refractivity contribution in [3.8, 4) is 0 Å². The summed E-state index contributed by atoms with van der Waals surface area (Å²) in [6.07, 6.45) is 1.91. The zero-order valence-electron chi connectivity index (χ0n) is 10.9. The molecule has 1 aliphatic heterocycles. The van der Waals surface area contributed by atoms with Gasteiger partial charge in [0.25, 0.3) is 0 Å². The molecule has 2 aromatic rings. The SMILES string of the molecule is O=C1CC(c2ccccc2)C(=O)N1Cc1ccccn1.